The molecule has 6 heteroatoms. The van der Waals surface area contributed by atoms with Gasteiger partial charge in [-0.25, -0.2) is 9.59 Å². The highest BCUT2D eigenvalue weighted by molar-refractivity contribution is 7.16. The summed E-state index contributed by atoms with van der Waals surface area (Å²) in [6.07, 6.45) is 0.838. The van der Waals surface area contributed by atoms with Crippen LogP contribution in [0.4, 0.5) is 9.80 Å². The molecule has 1 N–H and O–H groups in total. The van der Waals surface area contributed by atoms with Gasteiger partial charge in [0.25, 0.3) is 0 Å². The number of nitrogens with zero attached hydrogens (tertiary/aromatic N) is 1. The van der Waals surface area contributed by atoms with E-state index in [4.69, 9.17) is 4.74 Å². The Balaban J connectivity index is 1.81. The van der Waals surface area contributed by atoms with Gasteiger partial charge in [0, 0.05) is 18.0 Å². The quantitative estimate of drug-likeness (QED) is 0.794. The molecule has 0 fully saturated rings. The zero-order chi connectivity index (χ0) is 18.9. The van der Waals surface area contributed by atoms with Crippen molar-refractivity contribution in [2.45, 2.75) is 39.2 Å². The van der Waals surface area contributed by atoms with E-state index in [1.165, 1.54) is 29.6 Å². The molecule has 5 nitrogen and oxygen atoms in total. The van der Waals surface area contributed by atoms with Crippen molar-refractivity contribution >= 4 is 28.3 Å². The lowest BCUT2D eigenvalue weighted by Gasteiger charge is -2.28. The van der Waals surface area contributed by atoms with Crippen LogP contribution in [0.1, 0.15) is 47.1 Å². The Bertz CT molecular complexity index is 836. The van der Waals surface area contributed by atoms with Crippen molar-refractivity contribution in [3.05, 3.63) is 51.9 Å². The molecule has 0 radical (unpaired) electrons. The number of benzene rings is 1. The first-order valence-electron chi connectivity index (χ1n) is 8.65. The summed E-state index contributed by atoms with van der Waals surface area (Å²) in [5.41, 5.74) is 2.76. The van der Waals surface area contributed by atoms with Gasteiger partial charge >= 0.3 is 12.0 Å². The van der Waals surface area contributed by atoms with Crippen LogP contribution in [0.5, 0.6) is 0 Å². The van der Waals surface area contributed by atoms with Gasteiger partial charge in [-0.3, -0.25) is 5.32 Å². The van der Waals surface area contributed by atoms with Gasteiger partial charge in [-0.1, -0.05) is 45.0 Å². The minimum atomic E-state index is -0.434. The molecule has 0 spiro atoms. The van der Waals surface area contributed by atoms with Gasteiger partial charge in [0.05, 0.1) is 12.7 Å². The van der Waals surface area contributed by atoms with Crippen LogP contribution < -0.4 is 5.32 Å². The van der Waals surface area contributed by atoms with E-state index in [1.54, 1.807) is 4.90 Å². The molecule has 1 aliphatic heterocycles. The molecule has 0 saturated heterocycles. The molecule has 0 saturated carbocycles. The summed E-state index contributed by atoms with van der Waals surface area (Å²) in [5, 5.41) is 3.47. The smallest absolute Gasteiger partial charge is 0.340 e. The third-order valence-electron chi connectivity index (χ3n) is 4.51. The first-order valence-corrected chi connectivity index (χ1v) is 9.46. The molecule has 0 bridgehead atoms. The number of rotatable bonds is 2. The standard InChI is InChI=1S/C20H24N2O3S/c1-20(2,3)16-11-15(18(23)25-4)17(26-16)21-19(24)22-10-9-13-7-5-6-8-14(13)12-22/h5-8,11H,9-10,12H2,1-4H3,(H,21,24). The Labute approximate surface area is 158 Å². The molecule has 3 rings (SSSR count). The molecule has 1 aromatic heterocycles. The number of hydrogen-bond acceptors (Lipinski definition) is 4. The van der Waals surface area contributed by atoms with Crippen LogP contribution >= 0.6 is 11.3 Å². The number of carbonyl (C=O) groups is 2. The highest BCUT2D eigenvalue weighted by Crippen LogP contribution is 2.36. The topological polar surface area (TPSA) is 58.6 Å². The molecule has 2 aromatic rings. The lowest BCUT2D eigenvalue weighted by Crippen LogP contribution is -2.38. The Morgan fingerprint density at radius 3 is 2.54 bits per heavy atom. The van der Waals surface area contributed by atoms with Crippen molar-refractivity contribution in [1.29, 1.82) is 0 Å². The van der Waals surface area contributed by atoms with Crippen LogP contribution in [0.3, 0.4) is 0 Å². The molecule has 1 aliphatic rings. The number of urea groups is 1. The number of anilines is 1. The predicted molar refractivity (Wildman–Crippen MR) is 104 cm³/mol. The van der Waals surface area contributed by atoms with Crippen LogP contribution in [0.25, 0.3) is 0 Å². The minimum Gasteiger partial charge on any atom is -0.465 e. The third-order valence-corrected chi connectivity index (χ3v) is 5.99. The van der Waals surface area contributed by atoms with Crippen molar-refractivity contribution in [3.63, 3.8) is 0 Å². The number of carbonyl (C=O) groups excluding carboxylic acids is 2. The van der Waals surface area contributed by atoms with E-state index in [9.17, 15) is 9.59 Å². The molecule has 138 valence electrons. The van der Waals surface area contributed by atoms with Crippen molar-refractivity contribution in [3.8, 4) is 0 Å². The van der Waals surface area contributed by atoms with E-state index in [-0.39, 0.29) is 11.4 Å². The van der Waals surface area contributed by atoms with Crippen LogP contribution in [-0.4, -0.2) is 30.6 Å². The normalized spacial score (nSPS) is 13.9. The largest absolute Gasteiger partial charge is 0.465 e. The molecule has 1 aromatic carbocycles. The maximum Gasteiger partial charge on any atom is 0.340 e. The maximum atomic E-state index is 12.8. The van der Waals surface area contributed by atoms with Gasteiger partial charge in [-0.05, 0) is 29.0 Å². The van der Waals surface area contributed by atoms with Gasteiger partial charge in [-0.15, -0.1) is 11.3 Å². The fraction of sp³-hybridized carbons (Fsp3) is 0.400. The molecule has 2 heterocycles. The molecule has 2 amide bonds. The second-order valence-electron chi connectivity index (χ2n) is 7.47. The van der Waals surface area contributed by atoms with E-state index in [1.807, 2.05) is 18.2 Å². The zero-order valence-electron chi connectivity index (χ0n) is 15.6. The molecule has 0 aliphatic carbocycles. The van der Waals surface area contributed by atoms with Gasteiger partial charge in [0.15, 0.2) is 0 Å². The number of methoxy groups -OCH3 is 1. The van der Waals surface area contributed by atoms with E-state index in [0.717, 1.165) is 11.3 Å². The Hall–Kier alpha value is -2.34. The fourth-order valence-electron chi connectivity index (χ4n) is 2.96. The number of nitrogens with one attached hydrogen (secondary N) is 1. The van der Waals surface area contributed by atoms with Crippen LogP contribution in [-0.2, 0) is 23.1 Å². The Morgan fingerprint density at radius 1 is 1.19 bits per heavy atom. The first kappa shape index (κ1) is 18.5. The van der Waals surface area contributed by atoms with Crippen LogP contribution in [0.2, 0.25) is 0 Å². The molecule has 0 unspecified atom stereocenters. The number of thiophene rings is 1. The molecular formula is C20H24N2O3S. The van der Waals surface area contributed by atoms with Crippen molar-refractivity contribution in [2.24, 2.45) is 0 Å². The Morgan fingerprint density at radius 2 is 1.88 bits per heavy atom. The van der Waals surface area contributed by atoms with E-state index < -0.39 is 5.97 Å². The summed E-state index contributed by atoms with van der Waals surface area (Å²) >= 11 is 1.43. The van der Waals surface area contributed by atoms with Gasteiger partial charge < -0.3 is 9.64 Å². The lowest BCUT2D eigenvalue weighted by molar-refractivity contribution is 0.0602. The number of esters is 1. The third kappa shape index (κ3) is 3.75. The van der Waals surface area contributed by atoms with Crippen molar-refractivity contribution in [1.82, 2.24) is 4.90 Å². The summed E-state index contributed by atoms with van der Waals surface area (Å²) < 4.78 is 4.88. The summed E-state index contributed by atoms with van der Waals surface area (Å²) in [4.78, 5) is 27.7. The summed E-state index contributed by atoms with van der Waals surface area (Å²) in [5.74, 6) is -0.434. The van der Waals surface area contributed by atoms with E-state index >= 15 is 0 Å². The zero-order valence-corrected chi connectivity index (χ0v) is 16.4. The highest BCUT2D eigenvalue weighted by Gasteiger charge is 2.26. The summed E-state index contributed by atoms with van der Waals surface area (Å²) in [7, 11) is 1.35. The molecule has 26 heavy (non-hydrogen) atoms. The van der Waals surface area contributed by atoms with E-state index in [0.29, 0.717) is 23.7 Å². The van der Waals surface area contributed by atoms with Crippen molar-refractivity contribution in [2.75, 3.05) is 19.0 Å². The van der Waals surface area contributed by atoms with E-state index in [2.05, 4.69) is 38.2 Å². The van der Waals surface area contributed by atoms with Gasteiger partial charge in [0.1, 0.15) is 5.00 Å². The van der Waals surface area contributed by atoms with Crippen LogP contribution in [0.15, 0.2) is 30.3 Å². The average molecular weight is 372 g/mol. The van der Waals surface area contributed by atoms with Crippen molar-refractivity contribution < 1.29 is 14.3 Å². The second kappa shape index (κ2) is 7.11. The maximum absolute atomic E-state index is 12.8. The lowest BCUT2D eigenvalue weighted by atomic mass is 9.94. The summed E-state index contributed by atoms with van der Waals surface area (Å²) in [6.45, 7) is 7.47. The predicted octanol–water partition coefficient (Wildman–Crippen LogP) is 4.42. The number of amides is 2. The van der Waals surface area contributed by atoms with Crippen LogP contribution in [0, 0.1) is 0 Å². The minimum absolute atomic E-state index is 0.111. The summed E-state index contributed by atoms with van der Waals surface area (Å²) in [6, 6.07) is 9.80. The highest BCUT2D eigenvalue weighted by atomic mass is 32.1. The SMILES string of the molecule is COC(=O)c1cc(C(C)(C)C)sc1NC(=O)N1CCc2ccccc2C1. The number of hydrogen-bond donors (Lipinski definition) is 1. The molecular weight excluding hydrogens is 348 g/mol. The second-order valence-corrected chi connectivity index (χ2v) is 8.52. The fourth-order valence-corrected chi connectivity index (χ4v) is 4.05. The first-order chi connectivity index (χ1) is 12.3. The molecule has 0 atom stereocenters. The average Bonchev–Trinajstić information content (AvgIpc) is 3.04. The van der Waals surface area contributed by atoms with Gasteiger partial charge in [0.2, 0.25) is 0 Å². The monoisotopic (exact) mass is 372 g/mol. The Kier molecular flexibility index (Phi) is 5.05. The van der Waals surface area contributed by atoms with Gasteiger partial charge in [-0.2, -0.15) is 0 Å². The number of fused-ring (bicyclic) bond motifs is 1. The number of ether oxygens (including phenoxy) is 1.